The Hall–Kier alpha value is -0.990. The van der Waals surface area contributed by atoms with Gasteiger partial charge in [0, 0.05) is 33.7 Å². The standard InChI is InChI=1S/C13H18N2OS2/c1-4-17-13-7-5-6-12(11(13)8-14)15-9-10(2)18(3)16/h5-7,10,15H,4,9H2,1-3H3. The van der Waals surface area contributed by atoms with Crippen LogP contribution in [0.3, 0.4) is 0 Å². The summed E-state index contributed by atoms with van der Waals surface area (Å²) in [6, 6.07) is 8.03. The van der Waals surface area contributed by atoms with Gasteiger partial charge in [-0.2, -0.15) is 5.26 Å². The molecule has 0 spiro atoms. The second kappa shape index (κ2) is 7.45. The smallest absolute Gasteiger partial charge is 0.102 e. The first kappa shape index (κ1) is 15.1. The molecule has 0 amide bonds. The quantitative estimate of drug-likeness (QED) is 0.815. The molecule has 0 aliphatic rings. The molecule has 98 valence electrons. The lowest BCUT2D eigenvalue weighted by Gasteiger charge is -2.13. The molecule has 0 saturated carbocycles. The van der Waals surface area contributed by atoms with Crippen LogP contribution in [0.25, 0.3) is 0 Å². The van der Waals surface area contributed by atoms with E-state index < -0.39 is 10.8 Å². The topological polar surface area (TPSA) is 52.9 Å². The average Bonchev–Trinajstić information content (AvgIpc) is 2.36. The van der Waals surface area contributed by atoms with Gasteiger partial charge in [-0.25, -0.2) is 0 Å². The molecular formula is C13H18N2OS2. The van der Waals surface area contributed by atoms with Gasteiger partial charge in [-0.1, -0.05) is 13.0 Å². The third-order valence-electron chi connectivity index (χ3n) is 2.58. The van der Waals surface area contributed by atoms with E-state index in [4.69, 9.17) is 0 Å². The summed E-state index contributed by atoms with van der Waals surface area (Å²) in [4.78, 5) is 0.996. The maximum absolute atomic E-state index is 11.3. The van der Waals surface area contributed by atoms with Crippen LogP contribution in [-0.2, 0) is 10.8 Å². The number of nitrogens with one attached hydrogen (secondary N) is 1. The third-order valence-corrected chi connectivity index (χ3v) is 4.82. The Labute approximate surface area is 115 Å². The van der Waals surface area contributed by atoms with Crippen molar-refractivity contribution in [2.24, 2.45) is 0 Å². The molecule has 0 fully saturated rings. The molecule has 0 heterocycles. The molecule has 5 heteroatoms. The predicted octanol–water partition coefficient (Wildman–Crippen LogP) is 2.85. The summed E-state index contributed by atoms with van der Waals surface area (Å²) in [5.74, 6) is 0.938. The Morgan fingerprint density at radius 3 is 2.83 bits per heavy atom. The molecule has 0 aromatic heterocycles. The zero-order valence-corrected chi connectivity index (χ0v) is 12.5. The van der Waals surface area contributed by atoms with Crippen LogP contribution >= 0.6 is 11.8 Å². The van der Waals surface area contributed by atoms with Crippen LogP contribution in [0.5, 0.6) is 0 Å². The molecular weight excluding hydrogens is 264 g/mol. The second-order valence-electron chi connectivity index (χ2n) is 3.91. The van der Waals surface area contributed by atoms with E-state index in [1.165, 1.54) is 0 Å². The lowest BCUT2D eigenvalue weighted by Crippen LogP contribution is -2.21. The summed E-state index contributed by atoms with van der Waals surface area (Å²) in [6.45, 7) is 4.60. The Kier molecular flexibility index (Phi) is 6.23. The van der Waals surface area contributed by atoms with Gasteiger partial charge < -0.3 is 5.32 Å². The lowest BCUT2D eigenvalue weighted by molar-refractivity contribution is 0.679. The van der Waals surface area contributed by atoms with Crippen molar-refractivity contribution >= 4 is 28.2 Å². The fourth-order valence-corrected chi connectivity index (χ4v) is 2.54. The third kappa shape index (κ3) is 4.04. The number of anilines is 1. The fraction of sp³-hybridized carbons (Fsp3) is 0.462. The van der Waals surface area contributed by atoms with E-state index >= 15 is 0 Å². The van der Waals surface area contributed by atoms with E-state index in [9.17, 15) is 9.47 Å². The summed E-state index contributed by atoms with van der Waals surface area (Å²) < 4.78 is 11.3. The first-order valence-corrected chi connectivity index (χ1v) is 8.42. The van der Waals surface area contributed by atoms with Crippen LogP contribution in [0, 0.1) is 11.3 Å². The van der Waals surface area contributed by atoms with E-state index in [2.05, 4.69) is 18.3 Å². The molecule has 1 aromatic rings. The average molecular weight is 282 g/mol. The first-order valence-electron chi connectivity index (χ1n) is 5.82. The summed E-state index contributed by atoms with van der Waals surface area (Å²) in [5.41, 5.74) is 1.51. The van der Waals surface area contributed by atoms with Gasteiger partial charge in [0.1, 0.15) is 6.07 Å². The number of benzene rings is 1. The number of rotatable bonds is 6. The van der Waals surface area contributed by atoms with Gasteiger partial charge in [0.2, 0.25) is 0 Å². The molecule has 0 aliphatic carbocycles. The van der Waals surface area contributed by atoms with E-state index in [1.54, 1.807) is 18.0 Å². The largest absolute Gasteiger partial charge is 0.383 e. The van der Waals surface area contributed by atoms with Crippen molar-refractivity contribution in [1.82, 2.24) is 0 Å². The van der Waals surface area contributed by atoms with Gasteiger partial charge in [0.05, 0.1) is 11.3 Å². The Morgan fingerprint density at radius 1 is 1.56 bits per heavy atom. The van der Waals surface area contributed by atoms with Gasteiger partial charge in [0.15, 0.2) is 0 Å². The number of hydrogen-bond acceptors (Lipinski definition) is 4. The van der Waals surface area contributed by atoms with Crippen LogP contribution in [0.2, 0.25) is 0 Å². The maximum atomic E-state index is 11.3. The summed E-state index contributed by atoms with van der Waals surface area (Å²) in [6.07, 6.45) is 1.70. The highest BCUT2D eigenvalue weighted by Gasteiger charge is 2.10. The van der Waals surface area contributed by atoms with Crippen LogP contribution in [0.1, 0.15) is 19.4 Å². The van der Waals surface area contributed by atoms with Crippen molar-refractivity contribution in [1.29, 1.82) is 5.26 Å². The molecule has 1 aromatic carbocycles. The maximum Gasteiger partial charge on any atom is 0.102 e. The minimum Gasteiger partial charge on any atom is -0.383 e. The summed E-state index contributed by atoms with van der Waals surface area (Å²) in [7, 11) is -0.852. The molecule has 0 radical (unpaired) electrons. The lowest BCUT2D eigenvalue weighted by atomic mass is 10.2. The second-order valence-corrected chi connectivity index (χ2v) is 7.02. The van der Waals surface area contributed by atoms with E-state index in [-0.39, 0.29) is 5.25 Å². The zero-order chi connectivity index (χ0) is 13.5. The normalized spacial score (nSPS) is 13.7. The molecule has 1 N–H and O–H groups in total. The zero-order valence-electron chi connectivity index (χ0n) is 10.9. The van der Waals surface area contributed by atoms with Gasteiger partial charge >= 0.3 is 0 Å². The summed E-state index contributed by atoms with van der Waals surface area (Å²) in [5, 5.41) is 12.5. The first-order chi connectivity index (χ1) is 8.60. The minimum atomic E-state index is -0.852. The molecule has 18 heavy (non-hydrogen) atoms. The van der Waals surface area contributed by atoms with Crippen LogP contribution in [-0.4, -0.2) is 28.0 Å². The summed E-state index contributed by atoms with van der Waals surface area (Å²) >= 11 is 1.66. The molecule has 2 atom stereocenters. The molecule has 0 saturated heterocycles. The van der Waals surface area contributed by atoms with E-state index in [1.807, 2.05) is 25.1 Å². The number of nitriles is 1. The number of thioether (sulfide) groups is 1. The molecule has 0 bridgehead atoms. The van der Waals surface area contributed by atoms with Gasteiger partial charge in [-0.3, -0.25) is 4.21 Å². The van der Waals surface area contributed by atoms with Crippen molar-refractivity contribution in [3.8, 4) is 6.07 Å². The Balaban J connectivity index is 2.86. The Bertz CT molecular complexity index is 469. The number of nitrogens with zero attached hydrogens (tertiary/aromatic N) is 1. The highest BCUT2D eigenvalue weighted by atomic mass is 32.2. The van der Waals surface area contributed by atoms with Crippen molar-refractivity contribution in [3.63, 3.8) is 0 Å². The van der Waals surface area contributed by atoms with E-state index in [0.717, 1.165) is 16.3 Å². The van der Waals surface area contributed by atoms with Crippen LogP contribution < -0.4 is 5.32 Å². The van der Waals surface area contributed by atoms with Crippen LogP contribution in [0.15, 0.2) is 23.1 Å². The highest BCUT2D eigenvalue weighted by Crippen LogP contribution is 2.27. The molecule has 3 nitrogen and oxygen atoms in total. The van der Waals surface area contributed by atoms with Gasteiger partial charge in [0.25, 0.3) is 0 Å². The predicted molar refractivity (Wildman–Crippen MR) is 79.6 cm³/mol. The molecule has 0 aliphatic heterocycles. The monoisotopic (exact) mass is 282 g/mol. The van der Waals surface area contributed by atoms with Crippen molar-refractivity contribution in [2.45, 2.75) is 24.0 Å². The highest BCUT2D eigenvalue weighted by molar-refractivity contribution is 7.99. The van der Waals surface area contributed by atoms with Gasteiger partial charge in [-0.05, 0) is 24.8 Å². The van der Waals surface area contributed by atoms with Crippen molar-refractivity contribution in [3.05, 3.63) is 23.8 Å². The van der Waals surface area contributed by atoms with Crippen LogP contribution in [0.4, 0.5) is 5.69 Å². The Morgan fingerprint density at radius 2 is 2.28 bits per heavy atom. The van der Waals surface area contributed by atoms with Gasteiger partial charge in [-0.15, -0.1) is 11.8 Å². The SMILES string of the molecule is CCSc1cccc(NCC(C)S(C)=O)c1C#N. The van der Waals surface area contributed by atoms with E-state index in [0.29, 0.717) is 12.1 Å². The molecule has 2 unspecified atom stereocenters. The fourth-order valence-electron chi connectivity index (χ4n) is 1.44. The molecule has 1 rings (SSSR count). The van der Waals surface area contributed by atoms with Crippen molar-refractivity contribution in [2.75, 3.05) is 23.9 Å². The number of hydrogen-bond donors (Lipinski definition) is 1. The van der Waals surface area contributed by atoms with Crippen molar-refractivity contribution < 1.29 is 4.21 Å². The minimum absolute atomic E-state index is 0.0685.